The molecule has 0 aromatic heterocycles. The lowest BCUT2D eigenvalue weighted by Crippen LogP contribution is -2.68. The van der Waals surface area contributed by atoms with Gasteiger partial charge in [0.15, 0.2) is 5.71 Å². The molecule has 0 radical (unpaired) electrons. The second-order valence-electron chi connectivity index (χ2n) is 9.45. The van der Waals surface area contributed by atoms with Gasteiger partial charge in [0, 0.05) is 41.1 Å². The number of hydrogen-bond donors (Lipinski definition) is 0. The number of likely N-dealkylation sites (N-methyl/N-ethyl adjacent to an activating group) is 1. The lowest BCUT2D eigenvalue weighted by atomic mass is 9.81. The third-order valence-electron chi connectivity index (χ3n) is 6.74. The van der Waals surface area contributed by atoms with E-state index in [0.717, 1.165) is 13.1 Å². The van der Waals surface area contributed by atoms with Crippen LogP contribution in [-0.4, -0.2) is 23.4 Å². The fourth-order valence-corrected chi connectivity index (χ4v) is 5.19. The molecule has 182 valence electrons. The minimum atomic E-state index is -4.94. The molecule has 0 N–H and O–H groups in total. The van der Waals surface area contributed by atoms with Crippen LogP contribution in [0.3, 0.4) is 0 Å². The first-order chi connectivity index (χ1) is 15.8. The third-order valence-corrected chi connectivity index (χ3v) is 6.74. The molecule has 0 amide bonds. The summed E-state index contributed by atoms with van der Waals surface area (Å²) >= 11 is 0. The van der Waals surface area contributed by atoms with Crippen LogP contribution >= 0.6 is 0 Å². The van der Waals surface area contributed by atoms with Gasteiger partial charge in [0.25, 0.3) is 0 Å². The van der Waals surface area contributed by atoms with E-state index >= 15 is 0 Å². The lowest BCUT2D eigenvalue weighted by Gasteiger charge is -2.25. The van der Waals surface area contributed by atoms with Crippen molar-refractivity contribution < 1.29 is 33.5 Å². The molecule has 0 fully saturated rings. The van der Waals surface area contributed by atoms with Crippen molar-refractivity contribution in [3.8, 4) is 0 Å². The SMILES string of the molecule is CCN1/C(=C\C=C\C2=[N+](CC)c3ccccc3C2(C)C)C(C)(C)c2ccccc21.[O-][Cl+3]([O-])([O-])[O-]. The number of rotatable bonds is 4. The first kappa shape index (κ1) is 26.1. The fraction of sp³-hybridized carbons (Fsp3) is 0.370. The molecule has 2 aromatic carbocycles. The lowest BCUT2D eigenvalue weighted by molar-refractivity contribution is -2.00. The number of hydrogen-bond acceptors (Lipinski definition) is 5. The molecule has 2 aliphatic heterocycles. The van der Waals surface area contributed by atoms with Crippen LogP contribution in [0.25, 0.3) is 0 Å². The van der Waals surface area contributed by atoms with Crippen LogP contribution in [0.15, 0.2) is 72.5 Å². The van der Waals surface area contributed by atoms with Gasteiger partial charge in [-0.15, -0.1) is 10.2 Å². The van der Waals surface area contributed by atoms with E-state index in [1.807, 2.05) is 0 Å². The Morgan fingerprint density at radius 2 is 1.41 bits per heavy atom. The predicted molar refractivity (Wildman–Crippen MR) is 125 cm³/mol. The van der Waals surface area contributed by atoms with Crippen LogP contribution in [0, 0.1) is 10.2 Å². The summed E-state index contributed by atoms with van der Waals surface area (Å²) in [7, 11) is -4.94. The standard InChI is InChI=1S/C27H33N2.ClHO4/c1-7-28-22-16-11-9-14-20(22)26(3,4)24(28)18-13-19-25-27(5,6)21-15-10-12-17-23(21)29(25)8-2;2-1(3,4)5/h9-19H,7-8H2,1-6H3;(H,2,3,4,5)/q+1;/p-1. The summed E-state index contributed by atoms with van der Waals surface area (Å²) in [5.74, 6) is 0. The Hall–Kier alpha value is -2.48. The first-order valence-electron chi connectivity index (χ1n) is 11.5. The average Bonchev–Trinajstić information content (AvgIpc) is 3.11. The van der Waals surface area contributed by atoms with E-state index < -0.39 is 10.2 Å². The van der Waals surface area contributed by atoms with Crippen molar-refractivity contribution >= 4 is 17.1 Å². The van der Waals surface area contributed by atoms with Crippen molar-refractivity contribution in [2.45, 2.75) is 52.4 Å². The molecule has 34 heavy (non-hydrogen) atoms. The molecule has 0 aliphatic carbocycles. The number of para-hydroxylation sites is 2. The Labute approximate surface area is 204 Å². The van der Waals surface area contributed by atoms with Crippen molar-refractivity contribution in [1.82, 2.24) is 0 Å². The van der Waals surface area contributed by atoms with Crippen molar-refractivity contribution in [2.75, 3.05) is 18.0 Å². The summed E-state index contributed by atoms with van der Waals surface area (Å²) in [6.07, 6.45) is 6.91. The molecule has 2 aromatic rings. The van der Waals surface area contributed by atoms with Gasteiger partial charge in [0.05, 0.1) is 5.41 Å². The monoisotopic (exact) mass is 484 g/mol. The topological polar surface area (TPSA) is 98.5 Å². The molecule has 0 saturated heterocycles. The minimum Gasteiger partial charge on any atom is -0.344 e. The van der Waals surface area contributed by atoms with Crippen LogP contribution in [0.5, 0.6) is 0 Å². The summed E-state index contributed by atoms with van der Waals surface area (Å²) in [6.45, 7) is 15.8. The molecule has 0 bridgehead atoms. The van der Waals surface area contributed by atoms with Gasteiger partial charge in [0.2, 0.25) is 5.69 Å². The predicted octanol–water partition coefficient (Wildman–Crippen LogP) is 1.58. The molecule has 0 unspecified atom stereocenters. The number of allylic oxidation sites excluding steroid dienone is 4. The van der Waals surface area contributed by atoms with Gasteiger partial charge in [-0.3, -0.25) is 0 Å². The zero-order valence-electron chi connectivity index (χ0n) is 20.7. The number of halogens is 1. The highest BCUT2D eigenvalue weighted by molar-refractivity contribution is 6.03. The van der Waals surface area contributed by atoms with E-state index in [1.54, 1.807) is 0 Å². The summed E-state index contributed by atoms with van der Waals surface area (Å²) < 4.78 is 36.4. The van der Waals surface area contributed by atoms with Gasteiger partial charge in [-0.05, 0) is 45.4 Å². The van der Waals surface area contributed by atoms with Crippen LogP contribution < -0.4 is 23.5 Å². The molecule has 4 rings (SSSR count). The normalized spacial score (nSPS) is 19.4. The van der Waals surface area contributed by atoms with Crippen LogP contribution in [0.4, 0.5) is 11.4 Å². The van der Waals surface area contributed by atoms with Gasteiger partial charge in [-0.1, -0.05) is 56.3 Å². The largest absolute Gasteiger partial charge is 0.344 e. The van der Waals surface area contributed by atoms with Crippen molar-refractivity contribution in [3.63, 3.8) is 0 Å². The Kier molecular flexibility index (Phi) is 7.41. The molecular weight excluding hydrogens is 452 g/mol. The van der Waals surface area contributed by atoms with Gasteiger partial charge >= 0.3 is 0 Å². The smallest absolute Gasteiger partial charge is 0.209 e. The molecule has 2 aliphatic rings. The summed E-state index contributed by atoms with van der Waals surface area (Å²) in [6, 6.07) is 17.6. The maximum atomic E-state index is 8.49. The minimum absolute atomic E-state index is 0.0141. The fourth-order valence-electron chi connectivity index (χ4n) is 5.19. The average molecular weight is 485 g/mol. The highest BCUT2D eigenvalue weighted by Crippen LogP contribution is 2.47. The highest BCUT2D eigenvalue weighted by Gasteiger charge is 2.43. The number of anilines is 1. The highest BCUT2D eigenvalue weighted by atomic mass is 35.7. The second-order valence-corrected chi connectivity index (χ2v) is 10.2. The number of fused-ring (bicyclic) bond motifs is 2. The molecule has 0 saturated carbocycles. The van der Waals surface area contributed by atoms with Gasteiger partial charge < -0.3 is 4.90 Å². The third kappa shape index (κ3) is 4.97. The van der Waals surface area contributed by atoms with E-state index in [9.17, 15) is 0 Å². The number of benzene rings is 2. The maximum Gasteiger partial charge on any atom is 0.209 e. The van der Waals surface area contributed by atoms with Gasteiger partial charge in [-0.2, -0.15) is 4.58 Å². The Balaban J connectivity index is 0.000000588. The molecule has 6 nitrogen and oxygen atoms in total. The summed E-state index contributed by atoms with van der Waals surface area (Å²) in [5, 5.41) is 0. The second kappa shape index (κ2) is 9.64. The van der Waals surface area contributed by atoms with Crippen LogP contribution in [0.2, 0.25) is 0 Å². The van der Waals surface area contributed by atoms with E-state index in [-0.39, 0.29) is 10.8 Å². The maximum absolute atomic E-state index is 8.49. The van der Waals surface area contributed by atoms with E-state index in [2.05, 4.69) is 118 Å². The molecular formula is C27H33ClN2O4. The van der Waals surface area contributed by atoms with Crippen molar-refractivity contribution in [1.29, 1.82) is 0 Å². The molecule has 2 heterocycles. The van der Waals surface area contributed by atoms with E-state index in [1.165, 1.54) is 33.9 Å². The molecule has 7 heteroatoms. The van der Waals surface area contributed by atoms with Crippen LogP contribution in [-0.2, 0) is 10.8 Å². The van der Waals surface area contributed by atoms with Crippen molar-refractivity contribution in [2.24, 2.45) is 0 Å². The zero-order chi connectivity index (χ0) is 25.3. The first-order valence-corrected chi connectivity index (χ1v) is 12.7. The van der Waals surface area contributed by atoms with Gasteiger partial charge in [-0.25, -0.2) is 18.6 Å². The Morgan fingerprint density at radius 1 is 0.853 bits per heavy atom. The van der Waals surface area contributed by atoms with E-state index in [4.69, 9.17) is 18.6 Å². The van der Waals surface area contributed by atoms with Crippen LogP contribution in [0.1, 0.15) is 52.7 Å². The van der Waals surface area contributed by atoms with Crippen molar-refractivity contribution in [3.05, 3.63) is 83.6 Å². The summed E-state index contributed by atoms with van der Waals surface area (Å²) in [4.78, 5) is 2.45. The number of nitrogens with zero attached hydrogens (tertiary/aromatic N) is 2. The molecule has 0 atom stereocenters. The zero-order valence-corrected chi connectivity index (χ0v) is 21.4. The van der Waals surface area contributed by atoms with Gasteiger partial charge in [0.1, 0.15) is 6.54 Å². The summed E-state index contributed by atoms with van der Waals surface area (Å²) in [5.41, 5.74) is 8.28. The Bertz CT molecular complexity index is 1140. The quantitative estimate of drug-likeness (QED) is 0.613. The van der Waals surface area contributed by atoms with E-state index in [0.29, 0.717) is 0 Å². The Morgan fingerprint density at radius 3 is 2.00 bits per heavy atom. The molecule has 0 spiro atoms.